The van der Waals surface area contributed by atoms with Gasteiger partial charge in [-0.15, -0.1) is 0 Å². The van der Waals surface area contributed by atoms with Crippen LogP contribution < -0.4 is 10.1 Å². The van der Waals surface area contributed by atoms with Gasteiger partial charge in [-0.05, 0) is 62.4 Å². The van der Waals surface area contributed by atoms with Crippen LogP contribution in [0.4, 0.5) is 5.69 Å². The number of nitrogens with one attached hydrogen (secondary N) is 1. The number of likely N-dealkylation sites (N-methyl/N-ethyl adjacent to an activating group) is 1. The Labute approximate surface area is 194 Å². The van der Waals surface area contributed by atoms with Crippen molar-refractivity contribution in [2.24, 2.45) is 0 Å². The maximum Gasteiger partial charge on any atom is 0.259 e. The fourth-order valence-electron chi connectivity index (χ4n) is 3.37. The van der Waals surface area contributed by atoms with Gasteiger partial charge in [0.1, 0.15) is 5.75 Å². The second kappa shape index (κ2) is 10.3. The monoisotopic (exact) mass is 475 g/mol. The van der Waals surface area contributed by atoms with E-state index < -0.39 is 10.0 Å². The Morgan fingerprint density at radius 1 is 1.03 bits per heavy atom. The standard InChI is InChI=1S/C23H29N3O6S/c1-16-13-26(14-17(2)32-16)33(29,30)21-11-5-18(6-12-21)23(28)24-19-7-9-20(10-8-19)31-15-22(27)25(3)4/h5-12,16-17H,13-15H2,1-4H3,(H,24,28). The highest BCUT2D eigenvalue weighted by atomic mass is 32.2. The molecule has 1 heterocycles. The van der Waals surface area contributed by atoms with E-state index in [4.69, 9.17) is 9.47 Å². The lowest BCUT2D eigenvalue weighted by molar-refractivity contribution is -0.130. The molecular formula is C23H29N3O6S. The van der Waals surface area contributed by atoms with Crippen molar-refractivity contribution in [2.75, 3.05) is 39.1 Å². The molecule has 3 rings (SSSR count). The van der Waals surface area contributed by atoms with E-state index in [0.717, 1.165) is 0 Å². The largest absolute Gasteiger partial charge is 0.484 e. The molecule has 0 spiro atoms. The number of benzene rings is 2. The number of anilines is 1. The molecule has 1 aliphatic heterocycles. The summed E-state index contributed by atoms with van der Waals surface area (Å²) in [5, 5.41) is 2.76. The van der Waals surface area contributed by atoms with Crippen LogP contribution >= 0.6 is 0 Å². The van der Waals surface area contributed by atoms with E-state index in [2.05, 4.69) is 5.32 Å². The highest BCUT2D eigenvalue weighted by molar-refractivity contribution is 7.89. The minimum Gasteiger partial charge on any atom is -0.484 e. The first-order valence-electron chi connectivity index (χ1n) is 10.6. The van der Waals surface area contributed by atoms with Crippen LogP contribution in [0.3, 0.4) is 0 Å². The first kappa shape index (κ1) is 24.7. The van der Waals surface area contributed by atoms with Crippen molar-refractivity contribution in [1.29, 1.82) is 0 Å². The van der Waals surface area contributed by atoms with Crippen molar-refractivity contribution in [3.63, 3.8) is 0 Å². The maximum atomic E-state index is 12.9. The minimum atomic E-state index is -3.67. The van der Waals surface area contributed by atoms with Crippen molar-refractivity contribution < 1.29 is 27.5 Å². The number of carbonyl (C=O) groups is 2. The van der Waals surface area contributed by atoms with E-state index in [1.807, 2.05) is 13.8 Å². The van der Waals surface area contributed by atoms with Gasteiger partial charge in [0.25, 0.3) is 11.8 Å². The first-order valence-corrected chi connectivity index (χ1v) is 12.0. The number of nitrogens with zero attached hydrogens (tertiary/aromatic N) is 2. The average molecular weight is 476 g/mol. The van der Waals surface area contributed by atoms with E-state index >= 15 is 0 Å². The second-order valence-corrected chi connectivity index (χ2v) is 10.1. The van der Waals surface area contributed by atoms with Crippen molar-refractivity contribution in [3.8, 4) is 5.75 Å². The number of hydrogen-bond acceptors (Lipinski definition) is 6. The van der Waals surface area contributed by atoms with Crippen molar-refractivity contribution in [3.05, 3.63) is 54.1 Å². The van der Waals surface area contributed by atoms with Gasteiger partial charge in [-0.1, -0.05) is 0 Å². The number of rotatable bonds is 7. The lowest BCUT2D eigenvalue weighted by Crippen LogP contribution is -2.48. The fraction of sp³-hybridized carbons (Fsp3) is 0.391. The third-order valence-corrected chi connectivity index (χ3v) is 6.96. The van der Waals surface area contributed by atoms with E-state index in [-0.39, 0.29) is 48.6 Å². The molecule has 9 nitrogen and oxygen atoms in total. The van der Waals surface area contributed by atoms with Crippen LogP contribution in [0.2, 0.25) is 0 Å². The lowest BCUT2D eigenvalue weighted by Gasteiger charge is -2.34. The van der Waals surface area contributed by atoms with Gasteiger partial charge in [-0.25, -0.2) is 8.42 Å². The molecule has 2 unspecified atom stereocenters. The Kier molecular flexibility index (Phi) is 7.72. The fourth-order valence-corrected chi connectivity index (χ4v) is 4.96. The predicted octanol–water partition coefficient (Wildman–Crippen LogP) is 2.20. The molecule has 33 heavy (non-hydrogen) atoms. The zero-order chi connectivity index (χ0) is 24.2. The summed E-state index contributed by atoms with van der Waals surface area (Å²) in [6, 6.07) is 12.5. The molecule has 2 amide bonds. The molecule has 0 aromatic heterocycles. The van der Waals surface area contributed by atoms with Crippen LogP contribution in [0.15, 0.2) is 53.4 Å². The van der Waals surface area contributed by atoms with Gasteiger partial charge in [-0.2, -0.15) is 4.31 Å². The summed E-state index contributed by atoms with van der Waals surface area (Å²) in [4.78, 5) is 25.7. The highest BCUT2D eigenvalue weighted by Gasteiger charge is 2.32. The normalized spacial score (nSPS) is 19.0. The molecule has 10 heteroatoms. The van der Waals surface area contributed by atoms with Crippen molar-refractivity contribution in [1.82, 2.24) is 9.21 Å². The van der Waals surface area contributed by atoms with Crippen LogP contribution in [0.25, 0.3) is 0 Å². The summed E-state index contributed by atoms with van der Waals surface area (Å²) < 4.78 is 38.3. The number of hydrogen-bond donors (Lipinski definition) is 1. The SMILES string of the molecule is CC1CN(S(=O)(=O)c2ccc(C(=O)Nc3ccc(OCC(=O)N(C)C)cc3)cc2)CC(C)O1. The van der Waals surface area contributed by atoms with Gasteiger partial charge >= 0.3 is 0 Å². The topological polar surface area (TPSA) is 105 Å². The van der Waals surface area contributed by atoms with E-state index in [9.17, 15) is 18.0 Å². The number of carbonyl (C=O) groups excluding carboxylic acids is 2. The van der Waals surface area contributed by atoms with E-state index in [1.165, 1.54) is 33.5 Å². The summed E-state index contributed by atoms with van der Waals surface area (Å²) >= 11 is 0. The Morgan fingerprint density at radius 2 is 1.61 bits per heavy atom. The molecule has 2 aromatic rings. The molecule has 0 radical (unpaired) electrons. The Bertz CT molecular complexity index is 1070. The maximum absolute atomic E-state index is 12.9. The second-order valence-electron chi connectivity index (χ2n) is 8.16. The molecule has 0 aliphatic carbocycles. The third-order valence-electron chi connectivity index (χ3n) is 5.11. The van der Waals surface area contributed by atoms with E-state index in [0.29, 0.717) is 17.0 Å². The molecule has 1 aliphatic rings. The predicted molar refractivity (Wildman–Crippen MR) is 124 cm³/mol. The smallest absolute Gasteiger partial charge is 0.259 e. The molecule has 1 saturated heterocycles. The van der Waals surface area contributed by atoms with Gasteiger partial charge in [0, 0.05) is 38.4 Å². The lowest BCUT2D eigenvalue weighted by atomic mass is 10.2. The van der Waals surface area contributed by atoms with Crippen LogP contribution in [0.5, 0.6) is 5.75 Å². The molecule has 0 bridgehead atoms. The van der Waals surface area contributed by atoms with Gasteiger partial charge in [-0.3, -0.25) is 9.59 Å². The number of amides is 2. The quantitative estimate of drug-likeness (QED) is 0.658. The molecule has 0 saturated carbocycles. The summed E-state index contributed by atoms with van der Waals surface area (Å²) in [5.74, 6) is -0.0241. The summed E-state index contributed by atoms with van der Waals surface area (Å²) in [6.45, 7) is 4.19. The Balaban J connectivity index is 1.62. The Hall–Kier alpha value is -2.95. The van der Waals surface area contributed by atoms with Crippen molar-refractivity contribution in [2.45, 2.75) is 31.0 Å². The first-order chi connectivity index (χ1) is 15.6. The van der Waals surface area contributed by atoms with Gasteiger partial charge in [0.05, 0.1) is 17.1 Å². The number of morpholine rings is 1. The molecular weight excluding hydrogens is 446 g/mol. The summed E-state index contributed by atoms with van der Waals surface area (Å²) in [7, 11) is -0.373. The zero-order valence-electron chi connectivity index (χ0n) is 19.1. The summed E-state index contributed by atoms with van der Waals surface area (Å²) in [5.41, 5.74) is 0.869. The summed E-state index contributed by atoms with van der Waals surface area (Å²) in [6.07, 6.45) is -0.363. The van der Waals surface area contributed by atoms with Crippen molar-refractivity contribution >= 4 is 27.5 Å². The molecule has 2 aromatic carbocycles. The van der Waals surface area contributed by atoms with E-state index in [1.54, 1.807) is 38.4 Å². The highest BCUT2D eigenvalue weighted by Crippen LogP contribution is 2.22. The molecule has 1 N–H and O–H groups in total. The molecule has 178 valence electrons. The Morgan fingerprint density at radius 3 is 2.15 bits per heavy atom. The van der Waals surface area contributed by atoms with Gasteiger partial charge in [0.15, 0.2) is 6.61 Å². The van der Waals surface area contributed by atoms with Crippen LogP contribution in [0, 0.1) is 0 Å². The van der Waals surface area contributed by atoms with Crippen LogP contribution in [0.1, 0.15) is 24.2 Å². The third kappa shape index (κ3) is 6.31. The minimum absolute atomic E-state index is 0.0732. The average Bonchev–Trinajstić information content (AvgIpc) is 2.77. The zero-order valence-corrected chi connectivity index (χ0v) is 20.0. The van der Waals surface area contributed by atoms with Gasteiger partial charge in [0.2, 0.25) is 10.0 Å². The molecule has 1 fully saturated rings. The number of ether oxygens (including phenoxy) is 2. The number of sulfonamides is 1. The van der Waals surface area contributed by atoms with Gasteiger partial charge < -0.3 is 19.7 Å². The van der Waals surface area contributed by atoms with Crippen LogP contribution in [-0.4, -0.2) is 75.4 Å². The van der Waals surface area contributed by atoms with Crippen LogP contribution in [-0.2, 0) is 19.6 Å². The molecule has 2 atom stereocenters.